The van der Waals surface area contributed by atoms with Crippen molar-refractivity contribution in [3.63, 3.8) is 0 Å². The summed E-state index contributed by atoms with van der Waals surface area (Å²) in [5.41, 5.74) is 5.27. The number of nitrogens with zero attached hydrogens (tertiary/aromatic N) is 2. The molecule has 12 heavy (non-hydrogen) atoms. The molecule has 0 saturated carbocycles. The Morgan fingerprint density at radius 2 is 2.42 bits per heavy atom. The Hall–Kier alpha value is -1.36. The van der Waals surface area contributed by atoms with E-state index in [1.807, 2.05) is 0 Å². The van der Waals surface area contributed by atoms with E-state index in [-0.39, 0.29) is 16.9 Å². The number of esters is 1. The molecule has 0 aliphatic rings. The van der Waals surface area contributed by atoms with Crippen molar-refractivity contribution in [2.45, 2.75) is 6.92 Å². The van der Waals surface area contributed by atoms with E-state index in [0.717, 1.165) is 0 Å². The van der Waals surface area contributed by atoms with Crippen LogP contribution in [0.4, 0.5) is 5.82 Å². The number of anilines is 1. The highest BCUT2D eigenvalue weighted by atomic mass is 35.5. The molecule has 2 N–H and O–H groups in total. The van der Waals surface area contributed by atoms with Gasteiger partial charge < -0.3 is 10.5 Å². The molecule has 1 rings (SSSR count). The number of nitrogens with two attached hydrogens (primary N) is 1. The molecular weight excluding hydrogens is 182 g/mol. The zero-order valence-electron chi connectivity index (χ0n) is 6.24. The number of aromatic nitrogens is 2. The van der Waals surface area contributed by atoms with Crippen LogP contribution < -0.4 is 10.5 Å². The Labute approximate surface area is 73.5 Å². The first-order chi connectivity index (χ1) is 5.59. The fraction of sp³-hybridized carbons (Fsp3) is 0.167. The summed E-state index contributed by atoms with van der Waals surface area (Å²) in [7, 11) is 0. The number of nitrogen functional groups attached to an aromatic ring is 1. The van der Waals surface area contributed by atoms with E-state index in [1.165, 1.54) is 13.1 Å². The lowest BCUT2D eigenvalue weighted by Crippen LogP contribution is -2.04. The van der Waals surface area contributed by atoms with E-state index in [9.17, 15) is 4.79 Å². The van der Waals surface area contributed by atoms with Gasteiger partial charge in [0.05, 0.1) is 6.20 Å². The highest BCUT2D eigenvalue weighted by molar-refractivity contribution is 6.31. The molecule has 64 valence electrons. The van der Waals surface area contributed by atoms with Crippen LogP contribution in [0, 0.1) is 0 Å². The van der Waals surface area contributed by atoms with Crippen molar-refractivity contribution in [1.29, 1.82) is 0 Å². The van der Waals surface area contributed by atoms with Crippen molar-refractivity contribution in [3.05, 3.63) is 11.3 Å². The van der Waals surface area contributed by atoms with Gasteiger partial charge in [-0.25, -0.2) is 4.98 Å². The van der Waals surface area contributed by atoms with Crippen molar-refractivity contribution in [3.8, 4) is 5.88 Å². The fourth-order valence-electron chi connectivity index (χ4n) is 0.557. The van der Waals surface area contributed by atoms with Gasteiger partial charge in [-0.05, 0) is 0 Å². The summed E-state index contributed by atoms with van der Waals surface area (Å²) in [4.78, 5) is 17.7. The number of carbonyl (C=O) groups excluding carboxylic acids is 1. The molecule has 0 atom stereocenters. The molecule has 0 aromatic carbocycles. The second-order valence-corrected chi connectivity index (χ2v) is 2.34. The van der Waals surface area contributed by atoms with Crippen LogP contribution in [0.15, 0.2) is 6.20 Å². The fourth-order valence-corrected chi connectivity index (χ4v) is 0.689. The predicted octanol–water partition coefficient (Wildman–Crippen LogP) is 0.637. The van der Waals surface area contributed by atoms with Gasteiger partial charge in [0.1, 0.15) is 0 Å². The summed E-state index contributed by atoms with van der Waals surface area (Å²) in [6, 6.07) is 0. The molecule has 6 heteroatoms. The Balaban J connectivity index is 2.89. The highest BCUT2D eigenvalue weighted by Gasteiger charge is 2.03. The zero-order valence-corrected chi connectivity index (χ0v) is 7.00. The second-order valence-electron chi connectivity index (χ2n) is 1.98. The minimum atomic E-state index is -0.481. The van der Waals surface area contributed by atoms with Crippen molar-refractivity contribution in [2.24, 2.45) is 0 Å². The molecular formula is C6H6ClN3O2. The van der Waals surface area contributed by atoms with E-state index in [4.69, 9.17) is 17.3 Å². The smallest absolute Gasteiger partial charge is 0.309 e. The third-order valence-corrected chi connectivity index (χ3v) is 1.26. The Morgan fingerprint density at radius 1 is 1.75 bits per heavy atom. The molecule has 0 spiro atoms. The third kappa shape index (κ3) is 2.06. The van der Waals surface area contributed by atoms with Gasteiger partial charge >= 0.3 is 5.97 Å². The van der Waals surface area contributed by atoms with Crippen LogP contribution in [-0.2, 0) is 4.79 Å². The molecule has 0 aliphatic heterocycles. The van der Waals surface area contributed by atoms with Crippen LogP contribution in [0.3, 0.4) is 0 Å². The number of halogens is 1. The normalized spacial score (nSPS) is 9.50. The molecule has 0 fully saturated rings. The largest absolute Gasteiger partial charge is 0.406 e. The molecule has 0 aliphatic carbocycles. The Bertz CT molecular complexity index is 316. The van der Waals surface area contributed by atoms with Gasteiger partial charge in [-0.3, -0.25) is 4.79 Å². The highest BCUT2D eigenvalue weighted by Crippen LogP contribution is 2.15. The average Bonchev–Trinajstić information content (AvgIpc) is 1.96. The van der Waals surface area contributed by atoms with Crippen molar-refractivity contribution in [2.75, 3.05) is 5.73 Å². The summed E-state index contributed by atoms with van der Waals surface area (Å²) in [6.45, 7) is 1.26. The maximum absolute atomic E-state index is 10.4. The molecule has 0 radical (unpaired) electrons. The van der Waals surface area contributed by atoms with Crippen molar-refractivity contribution < 1.29 is 9.53 Å². The number of rotatable bonds is 1. The van der Waals surface area contributed by atoms with Crippen LogP contribution in [0.2, 0.25) is 5.15 Å². The summed E-state index contributed by atoms with van der Waals surface area (Å²) in [5.74, 6) is -0.334. The maximum atomic E-state index is 10.4. The van der Waals surface area contributed by atoms with Crippen LogP contribution >= 0.6 is 11.6 Å². The summed E-state index contributed by atoms with van der Waals surface area (Å²) >= 11 is 5.51. The average molecular weight is 188 g/mol. The Kier molecular flexibility index (Phi) is 2.44. The quantitative estimate of drug-likeness (QED) is 0.653. The molecule has 1 heterocycles. The van der Waals surface area contributed by atoms with Gasteiger partial charge in [-0.1, -0.05) is 11.6 Å². The monoisotopic (exact) mass is 187 g/mol. The molecule has 1 aromatic heterocycles. The van der Waals surface area contributed by atoms with Crippen LogP contribution in [0.5, 0.6) is 5.88 Å². The SMILES string of the molecule is CC(=O)Oc1cnc(N)c(Cl)n1. The maximum Gasteiger partial charge on any atom is 0.309 e. The minimum Gasteiger partial charge on any atom is -0.406 e. The molecule has 0 unspecified atom stereocenters. The van der Waals surface area contributed by atoms with Gasteiger partial charge in [0.25, 0.3) is 0 Å². The number of hydrogen-bond acceptors (Lipinski definition) is 5. The van der Waals surface area contributed by atoms with Gasteiger partial charge in [0, 0.05) is 6.92 Å². The first-order valence-electron chi connectivity index (χ1n) is 3.06. The van der Waals surface area contributed by atoms with Gasteiger partial charge in [0.15, 0.2) is 11.0 Å². The lowest BCUT2D eigenvalue weighted by Gasteiger charge is -2.00. The molecule has 0 bridgehead atoms. The molecule has 1 aromatic rings. The number of carbonyl (C=O) groups is 1. The summed E-state index contributed by atoms with van der Waals surface area (Å²) in [6.07, 6.45) is 1.22. The molecule has 0 amide bonds. The molecule has 5 nitrogen and oxygen atoms in total. The predicted molar refractivity (Wildman–Crippen MR) is 42.8 cm³/mol. The summed E-state index contributed by atoms with van der Waals surface area (Å²) in [5, 5.41) is 0.0220. The van der Waals surface area contributed by atoms with E-state index >= 15 is 0 Å². The van der Waals surface area contributed by atoms with E-state index in [0.29, 0.717) is 0 Å². The van der Waals surface area contributed by atoms with Gasteiger partial charge in [-0.2, -0.15) is 4.98 Å². The topological polar surface area (TPSA) is 78.1 Å². The van der Waals surface area contributed by atoms with Gasteiger partial charge in [-0.15, -0.1) is 0 Å². The lowest BCUT2D eigenvalue weighted by molar-refractivity contribution is -0.132. The summed E-state index contributed by atoms with van der Waals surface area (Å²) < 4.78 is 4.60. The van der Waals surface area contributed by atoms with Crippen LogP contribution in [-0.4, -0.2) is 15.9 Å². The van der Waals surface area contributed by atoms with Crippen molar-refractivity contribution in [1.82, 2.24) is 9.97 Å². The Morgan fingerprint density at radius 3 is 2.92 bits per heavy atom. The standard InChI is InChI=1S/C6H6ClN3O2/c1-3(11)12-4-2-9-6(8)5(7)10-4/h2H,1H3,(H2,8,9). The lowest BCUT2D eigenvalue weighted by atomic mass is 10.6. The number of ether oxygens (including phenoxy) is 1. The van der Waals surface area contributed by atoms with Crippen LogP contribution in [0.1, 0.15) is 6.92 Å². The zero-order chi connectivity index (χ0) is 9.14. The third-order valence-electron chi connectivity index (χ3n) is 0.982. The molecule has 0 saturated heterocycles. The van der Waals surface area contributed by atoms with Crippen LogP contribution in [0.25, 0.3) is 0 Å². The van der Waals surface area contributed by atoms with E-state index in [2.05, 4.69) is 14.7 Å². The van der Waals surface area contributed by atoms with E-state index in [1.54, 1.807) is 0 Å². The second kappa shape index (κ2) is 3.36. The minimum absolute atomic E-state index is 0.0220. The first kappa shape index (κ1) is 8.73. The van der Waals surface area contributed by atoms with Crippen molar-refractivity contribution >= 4 is 23.4 Å². The number of hydrogen-bond donors (Lipinski definition) is 1. The first-order valence-corrected chi connectivity index (χ1v) is 3.44. The van der Waals surface area contributed by atoms with E-state index < -0.39 is 5.97 Å². The van der Waals surface area contributed by atoms with Gasteiger partial charge in [0.2, 0.25) is 5.88 Å².